The second kappa shape index (κ2) is 14.0. The molecular formula is C36H48FN5O9S. The number of alkyl carbamates (subject to hydrolysis) is 1. The summed E-state index contributed by atoms with van der Waals surface area (Å²) >= 11 is 0. The minimum atomic E-state index is -4.02. The zero-order valence-corrected chi connectivity index (χ0v) is 30.9. The van der Waals surface area contributed by atoms with E-state index < -0.39 is 85.7 Å². The number of halogens is 1. The van der Waals surface area contributed by atoms with Crippen molar-refractivity contribution in [3.63, 3.8) is 0 Å². The number of ether oxygens (including phenoxy) is 2. The lowest BCUT2D eigenvalue weighted by Gasteiger charge is -2.30. The Balaban J connectivity index is 1.26. The largest absolute Gasteiger partial charge is 0.444 e. The Labute approximate surface area is 303 Å². The summed E-state index contributed by atoms with van der Waals surface area (Å²) in [6.07, 6.45) is 5.00. The van der Waals surface area contributed by atoms with E-state index in [4.69, 9.17) is 9.47 Å². The topological polar surface area (TPSA) is 181 Å². The third-order valence-electron chi connectivity index (χ3n) is 10.6. The molecule has 5 aliphatic rings. The molecule has 16 heteroatoms. The van der Waals surface area contributed by atoms with Gasteiger partial charge in [-0.2, -0.15) is 0 Å². The molecule has 6 rings (SSSR count). The number of hydrogen-bond donors (Lipinski definition) is 3. The lowest BCUT2D eigenvalue weighted by Crippen LogP contribution is -2.58. The van der Waals surface area contributed by atoms with Gasteiger partial charge in [-0.25, -0.2) is 22.4 Å². The molecule has 5 amide bonds. The standard InChI is InChI=1S/C36H48FN5O9S/c1-34(2,3)51-32(46)38-27-14-9-7-5-6-8-12-23-18-36(23,31(45)40-52(48,49)35(4)15-16-35)39-29(43)28-17-24(20-42(28)30(27)44)50-33(47)41-19-22-11-10-13-26(37)25(22)21-41/h8,10-13,23-24,27-28H,5-7,9,14-21H2,1-4H3,(H,38,46)(H,39,43)(H,40,45)/t23-,24-,27+,28+,36-/m1/s1. The van der Waals surface area contributed by atoms with Crippen LogP contribution in [0, 0.1) is 11.7 Å². The highest BCUT2D eigenvalue weighted by Gasteiger charge is 2.63. The van der Waals surface area contributed by atoms with E-state index in [1.165, 1.54) is 15.9 Å². The van der Waals surface area contributed by atoms with Gasteiger partial charge in [0.15, 0.2) is 0 Å². The van der Waals surface area contributed by atoms with Crippen molar-refractivity contribution in [3.05, 3.63) is 47.3 Å². The van der Waals surface area contributed by atoms with Crippen LogP contribution in [0.4, 0.5) is 14.0 Å². The quantitative estimate of drug-likeness (QED) is 0.380. The first-order valence-corrected chi connectivity index (χ1v) is 19.5. The lowest BCUT2D eigenvalue weighted by atomic mass is 10.0. The minimum Gasteiger partial charge on any atom is -0.444 e. The number of nitrogens with zero attached hydrogens (tertiary/aromatic N) is 2. The van der Waals surface area contributed by atoms with Gasteiger partial charge in [0, 0.05) is 24.4 Å². The maximum absolute atomic E-state index is 14.4. The average Bonchev–Trinajstić information content (AvgIpc) is 3.84. The van der Waals surface area contributed by atoms with Gasteiger partial charge in [-0.05, 0) is 77.8 Å². The number of benzene rings is 1. The summed E-state index contributed by atoms with van der Waals surface area (Å²) < 4.78 is 52.9. The molecule has 52 heavy (non-hydrogen) atoms. The Morgan fingerprint density at radius 2 is 1.83 bits per heavy atom. The van der Waals surface area contributed by atoms with E-state index in [-0.39, 0.29) is 38.9 Å². The van der Waals surface area contributed by atoms with Crippen molar-refractivity contribution in [2.45, 2.75) is 133 Å². The number of sulfonamides is 1. The summed E-state index contributed by atoms with van der Waals surface area (Å²) in [5, 5.41) is 5.46. The number of carbonyl (C=O) groups is 5. The molecule has 1 saturated heterocycles. The first-order chi connectivity index (χ1) is 24.4. The monoisotopic (exact) mass is 745 g/mol. The average molecular weight is 746 g/mol. The molecule has 3 heterocycles. The molecule has 3 N–H and O–H groups in total. The van der Waals surface area contributed by atoms with Crippen LogP contribution in [0.3, 0.4) is 0 Å². The van der Waals surface area contributed by atoms with Crippen LogP contribution in [0.5, 0.6) is 0 Å². The van der Waals surface area contributed by atoms with E-state index >= 15 is 0 Å². The van der Waals surface area contributed by atoms with Crippen molar-refractivity contribution >= 4 is 39.9 Å². The number of fused-ring (bicyclic) bond motifs is 3. The molecule has 3 aliphatic heterocycles. The molecule has 0 unspecified atom stereocenters. The van der Waals surface area contributed by atoms with Gasteiger partial charge in [0.05, 0.1) is 17.8 Å². The van der Waals surface area contributed by atoms with Crippen LogP contribution in [-0.4, -0.2) is 88.7 Å². The summed E-state index contributed by atoms with van der Waals surface area (Å²) in [6, 6.07) is 2.29. The maximum Gasteiger partial charge on any atom is 0.410 e. The van der Waals surface area contributed by atoms with E-state index in [1.54, 1.807) is 39.8 Å². The Morgan fingerprint density at radius 1 is 1.08 bits per heavy atom. The molecule has 284 valence electrons. The molecule has 2 aliphatic carbocycles. The maximum atomic E-state index is 14.4. The number of allylic oxidation sites excluding steroid dienone is 1. The third kappa shape index (κ3) is 7.91. The summed E-state index contributed by atoms with van der Waals surface area (Å²) in [7, 11) is -4.02. The third-order valence-corrected chi connectivity index (χ3v) is 12.8. The Morgan fingerprint density at radius 3 is 2.52 bits per heavy atom. The van der Waals surface area contributed by atoms with E-state index in [0.717, 1.165) is 12.8 Å². The second-order valence-corrected chi connectivity index (χ2v) is 18.1. The van der Waals surface area contributed by atoms with Gasteiger partial charge < -0.3 is 25.0 Å². The van der Waals surface area contributed by atoms with E-state index in [1.807, 2.05) is 12.2 Å². The summed E-state index contributed by atoms with van der Waals surface area (Å²) in [5.41, 5.74) is -1.38. The number of nitrogens with one attached hydrogen (secondary N) is 3. The van der Waals surface area contributed by atoms with Gasteiger partial charge >= 0.3 is 12.2 Å². The Bertz CT molecular complexity index is 1770. The Kier molecular flexibility index (Phi) is 10.1. The number of amides is 5. The molecular weight excluding hydrogens is 697 g/mol. The lowest BCUT2D eigenvalue weighted by molar-refractivity contribution is -0.141. The van der Waals surface area contributed by atoms with Crippen LogP contribution in [-0.2, 0) is 47.0 Å². The molecule has 5 atom stereocenters. The van der Waals surface area contributed by atoms with Crippen molar-refractivity contribution in [1.82, 2.24) is 25.2 Å². The fourth-order valence-electron chi connectivity index (χ4n) is 7.12. The van der Waals surface area contributed by atoms with E-state index in [2.05, 4.69) is 15.4 Å². The van der Waals surface area contributed by atoms with Crippen molar-refractivity contribution in [2.75, 3.05) is 6.54 Å². The number of carbonyl (C=O) groups excluding carboxylic acids is 5. The summed E-state index contributed by atoms with van der Waals surface area (Å²) in [6.45, 7) is 6.57. The predicted molar refractivity (Wildman–Crippen MR) is 185 cm³/mol. The van der Waals surface area contributed by atoms with Crippen LogP contribution in [0.25, 0.3) is 0 Å². The van der Waals surface area contributed by atoms with Crippen LogP contribution in [0.2, 0.25) is 0 Å². The molecule has 1 aromatic rings. The zero-order chi connectivity index (χ0) is 37.6. The molecule has 0 radical (unpaired) electrons. The van der Waals surface area contributed by atoms with Gasteiger partial charge in [-0.1, -0.05) is 37.1 Å². The SMILES string of the molecule is CC(C)(C)OC(=O)N[C@H]1CCCCCC=C[C@@H]2C[C@@]2(C(=O)NS(=O)(=O)C2(C)CC2)NC(=O)[C@@H]2C[C@@H](OC(=O)N3Cc4cccc(F)c4C3)CN2C1=O. The van der Waals surface area contributed by atoms with Gasteiger partial charge in [-0.3, -0.25) is 24.0 Å². The van der Waals surface area contributed by atoms with Crippen molar-refractivity contribution in [3.8, 4) is 0 Å². The first-order valence-electron chi connectivity index (χ1n) is 18.0. The summed E-state index contributed by atoms with van der Waals surface area (Å²) in [4.78, 5) is 71.1. The van der Waals surface area contributed by atoms with E-state index in [9.17, 15) is 36.8 Å². The molecule has 3 fully saturated rings. The Hall–Kier alpha value is -4.21. The molecule has 1 aromatic carbocycles. The van der Waals surface area contributed by atoms with Crippen LogP contribution < -0.4 is 15.4 Å². The van der Waals surface area contributed by atoms with Crippen LogP contribution in [0.15, 0.2) is 30.4 Å². The summed E-state index contributed by atoms with van der Waals surface area (Å²) in [5.74, 6) is -3.09. The van der Waals surface area contributed by atoms with E-state index in [0.29, 0.717) is 36.8 Å². The van der Waals surface area contributed by atoms with Gasteiger partial charge in [0.2, 0.25) is 21.8 Å². The molecule has 0 aromatic heterocycles. The highest BCUT2D eigenvalue weighted by Crippen LogP contribution is 2.47. The van der Waals surface area contributed by atoms with Gasteiger partial charge in [0.1, 0.15) is 35.1 Å². The normalized spacial score (nSPS) is 28.6. The zero-order valence-electron chi connectivity index (χ0n) is 30.0. The molecule has 2 saturated carbocycles. The van der Waals surface area contributed by atoms with Crippen LogP contribution in [0.1, 0.15) is 96.6 Å². The van der Waals surface area contributed by atoms with Crippen molar-refractivity contribution in [1.29, 1.82) is 0 Å². The second-order valence-electron chi connectivity index (χ2n) is 15.9. The minimum absolute atomic E-state index is 0.00348. The molecule has 14 nitrogen and oxygen atoms in total. The fourth-order valence-corrected chi connectivity index (χ4v) is 8.44. The van der Waals surface area contributed by atoms with Gasteiger partial charge in [-0.15, -0.1) is 0 Å². The highest BCUT2D eigenvalue weighted by molar-refractivity contribution is 7.91. The smallest absolute Gasteiger partial charge is 0.410 e. The number of hydrogen-bond acceptors (Lipinski definition) is 9. The molecule has 0 spiro atoms. The highest BCUT2D eigenvalue weighted by atomic mass is 32.2. The van der Waals surface area contributed by atoms with Gasteiger partial charge in [0.25, 0.3) is 5.91 Å². The van der Waals surface area contributed by atoms with Crippen LogP contribution >= 0.6 is 0 Å². The van der Waals surface area contributed by atoms with Crippen molar-refractivity contribution in [2.24, 2.45) is 5.92 Å². The van der Waals surface area contributed by atoms with Crippen molar-refractivity contribution < 1.29 is 46.3 Å². The fraction of sp³-hybridized carbons (Fsp3) is 0.639. The predicted octanol–water partition coefficient (Wildman–Crippen LogP) is 3.53. The number of rotatable bonds is 5. The molecule has 0 bridgehead atoms. The first kappa shape index (κ1) is 37.5.